The van der Waals surface area contributed by atoms with Crippen LogP contribution in [-0.4, -0.2) is 21.0 Å². The van der Waals surface area contributed by atoms with Crippen molar-refractivity contribution in [3.05, 3.63) is 49.6 Å². The van der Waals surface area contributed by atoms with Crippen molar-refractivity contribution in [2.24, 2.45) is 0 Å². The largest absolute Gasteiger partial charge is 0.305 e. The van der Waals surface area contributed by atoms with Crippen LogP contribution in [0.4, 0.5) is 11.5 Å². The molecule has 1 aromatic carbocycles. The first-order valence-electron chi connectivity index (χ1n) is 5.67. The van der Waals surface area contributed by atoms with Crippen LogP contribution in [0.3, 0.4) is 0 Å². The van der Waals surface area contributed by atoms with Crippen LogP contribution in [-0.2, 0) is 0 Å². The summed E-state index contributed by atoms with van der Waals surface area (Å²) in [5.74, 6) is -0.0340. The van der Waals surface area contributed by atoms with Gasteiger partial charge >= 0.3 is 0 Å². The van der Waals surface area contributed by atoms with E-state index in [1.165, 1.54) is 18.2 Å². The minimum absolute atomic E-state index is 0.160. The summed E-state index contributed by atoms with van der Waals surface area (Å²) >= 11 is 3.07. The number of aromatic amines is 1. The third kappa shape index (κ3) is 2.69. The Morgan fingerprint density at radius 3 is 2.70 bits per heavy atom. The number of nitrogens with zero attached hydrogens (tertiary/aromatic N) is 2. The Hall–Kier alpha value is -2.22. The van der Waals surface area contributed by atoms with Gasteiger partial charge in [0.15, 0.2) is 5.82 Å². The molecule has 0 bridgehead atoms. The minimum Gasteiger partial charge on any atom is -0.305 e. The van der Waals surface area contributed by atoms with Crippen LogP contribution in [0.25, 0.3) is 0 Å². The highest BCUT2D eigenvalue weighted by molar-refractivity contribution is 9.10. The molecule has 0 atom stereocenters. The van der Waals surface area contributed by atoms with Gasteiger partial charge in [-0.3, -0.25) is 20.0 Å². The fourth-order valence-corrected chi connectivity index (χ4v) is 1.97. The van der Waals surface area contributed by atoms with E-state index < -0.39 is 10.8 Å². The lowest BCUT2D eigenvalue weighted by atomic mass is 10.2. The first kappa shape index (κ1) is 14.2. The molecule has 20 heavy (non-hydrogen) atoms. The van der Waals surface area contributed by atoms with Crippen LogP contribution in [0.2, 0.25) is 0 Å². The van der Waals surface area contributed by atoms with Crippen molar-refractivity contribution in [1.29, 1.82) is 0 Å². The summed E-state index contributed by atoms with van der Waals surface area (Å²) < 4.78 is 0.325. The zero-order valence-corrected chi connectivity index (χ0v) is 12.3. The third-order valence-electron chi connectivity index (χ3n) is 2.89. The van der Waals surface area contributed by atoms with E-state index in [4.69, 9.17) is 0 Å². The van der Waals surface area contributed by atoms with Crippen LogP contribution in [0, 0.1) is 24.0 Å². The number of aromatic nitrogens is 2. The lowest BCUT2D eigenvalue weighted by molar-refractivity contribution is -0.385. The number of benzene rings is 1. The highest BCUT2D eigenvalue weighted by Gasteiger charge is 2.17. The maximum absolute atomic E-state index is 12.1. The summed E-state index contributed by atoms with van der Waals surface area (Å²) in [5, 5.41) is 20.2. The zero-order chi connectivity index (χ0) is 14.9. The number of nitrogens with one attached hydrogen (secondary N) is 2. The predicted molar refractivity (Wildman–Crippen MR) is 76.8 cm³/mol. The van der Waals surface area contributed by atoms with Gasteiger partial charge in [-0.05, 0) is 41.9 Å². The number of H-pyrrole nitrogens is 1. The maximum Gasteiger partial charge on any atom is 0.284 e. The molecule has 1 aromatic heterocycles. The standard InChI is InChI=1S/C12H11BrN4O3/c1-6-7(2)15-16-11(6)14-12(18)8-3-4-9(13)10(5-8)17(19)20/h3-5H,1-2H3,(H2,14,15,16,18). The fourth-order valence-electron chi connectivity index (χ4n) is 1.58. The van der Waals surface area contributed by atoms with Crippen molar-refractivity contribution in [2.45, 2.75) is 13.8 Å². The fraction of sp³-hybridized carbons (Fsp3) is 0.167. The normalized spacial score (nSPS) is 10.3. The molecular formula is C12H11BrN4O3. The summed E-state index contributed by atoms with van der Waals surface area (Å²) in [7, 11) is 0. The molecule has 1 heterocycles. The van der Waals surface area contributed by atoms with E-state index in [2.05, 4.69) is 31.4 Å². The average Bonchev–Trinajstić information content (AvgIpc) is 2.71. The molecule has 0 saturated carbocycles. The number of hydrogen-bond donors (Lipinski definition) is 2. The highest BCUT2D eigenvalue weighted by atomic mass is 79.9. The topological polar surface area (TPSA) is 101 Å². The highest BCUT2D eigenvalue weighted by Crippen LogP contribution is 2.26. The SMILES string of the molecule is Cc1[nH]nc(NC(=O)c2ccc(Br)c([N+](=O)[O-])c2)c1C. The van der Waals surface area contributed by atoms with E-state index in [1.54, 1.807) is 0 Å². The van der Waals surface area contributed by atoms with E-state index in [9.17, 15) is 14.9 Å². The Balaban J connectivity index is 2.28. The summed E-state index contributed by atoms with van der Waals surface area (Å²) in [6.07, 6.45) is 0. The smallest absolute Gasteiger partial charge is 0.284 e. The van der Waals surface area contributed by atoms with Crippen molar-refractivity contribution in [2.75, 3.05) is 5.32 Å². The number of hydrogen-bond acceptors (Lipinski definition) is 4. The Labute approximate surface area is 122 Å². The van der Waals surface area contributed by atoms with Gasteiger partial charge in [-0.1, -0.05) is 0 Å². The van der Waals surface area contributed by atoms with E-state index in [0.29, 0.717) is 10.3 Å². The molecule has 0 radical (unpaired) electrons. The van der Waals surface area contributed by atoms with Gasteiger partial charge in [-0.25, -0.2) is 0 Å². The van der Waals surface area contributed by atoms with Gasteiger partial charge in [0.1, 0.15) is 0 Å². The van der Waals surface area contributed by atoms with Gasteiger partial charge in [-0.2, -0.15) is 5.10 Å². The number of aryl methyl sites for hydroxylation is 1. The maximum atomic E-state index is 12.1. The lowest BCUT2D eigenvalue weighted by Crippen LogP contribution is -2.13. The molecule has 0 aliphatic carbocycles. The molecule has 0 fully saturated rings. The van der Waals surface area contributed by atoms with Gasteiger partial charge in [0.05, 0.1) is 9.40 Å². The predicted octanol–water partition coefficient (Wildman–Crippen LogP) is 2.95. The molecule has 2 N–H and O–H groups in total. The second-order valence-electron chi connectivity index (χ2n) is 4.20. The number of carbonyl (C=O) groups is 1. The van der Waals surface area contributed by atoms with Crippen molar-refractivity contribution in [3.8, 4) is 0 Å². The average molecular weight is 339 g/mol. The zero-order valence-electron chi connectivity index (χ0n) is 10.7. The van der Waals surface area contributed by atoms with Crippen molar-refractivity contribution >= 4 is 33.3 Å². The minimum atomic E-state index is -0.551. The summed E-state index contributed by atoms with van der Waals surface area (Å²) in [5.41, 5.74) is 1.71. The molecule has 0 aliphatic rings. The van der Waals surface area contributed by atoms with Crippen molar-refractivity contribution in [3.63, 3.8) is 0 Å². The van der Waals surface area contributed by atoms with Crippen LogP contribution in [0.15, 0.2) is 22.7 Å². The second kappa shape index (κ2) is 5.41. The number of carbonyl (C=O) groups excluding carboxylic acids is 1. The number of amides is 1. The third-order valence-corrected chi connectivity index (χ3v) is 3.56. The van der Waals surface area contributed by atoms with Crippen molar-refractivity contribution < 1.29 is 9.72 Å². The van der Waals surface area contributed by atoms with Crippen LogP contribution in [0.1, 0.15) is 21.6 Å². The molecule has 0 aliphatic heterocycles. The van der Waals surface area contributed by atoms with Crippen molar-refractivity contribution in [1.82, 2.24) is 10.2 Å². The Morgan fingerprint density at radius 1 is 1.45 bits per heavy atom. The van der Waals surface area contributed by atoms with Gasteiger partial charge in [0, 0.05) is 22.9 Å². The van der Waals surface area contributed by atoms with Crippen LogP contribution < -0.4 is 5.32 Å². The molecular weight excluding hydrogens is 328 g/mol. The molecule has 1 amide bonds. The Bertz CT molecular complexity index is 696. The van der Waals surface area contributed by atoms with E-state index in [1.807, 2.05) is 13.8 Å². The van der Waals surface area contributed by atoms with E-state index >= 15 is 0 Å². The first-order chi connectivity index (χ1) is 9.40. The molecule has 2 aromatic rings. The van der Waals surface area contributed by atoms with E-state index in [0.717, 1.165) is 11.3 Å². The van der Waals surface area contributed by atoms with E-state index in [-0.39, 0.29) is 11.3 Å². The first-order valence-corrected chi connectivity index (χ1v) is 6.46. The summed E-state index contributed by atoms with van der Waals surface area (Å²) in [6, 6.07) is 4.19. The second-order valence-corrected chi connectivity index (χ2v) is 5.05. The number of anilines is 1. The Kier molecular flexibility index (Phi) is 3.84. The molecule has 0 spiro atoms. The molecule has 0 saturated heterocycles. The molecule has 104 valence electrons. The summed E-state index contributed by atoms with van der Waals surface area (Å²) in [4.78, 5) is 22.3. The van der Waals surface area contributed by atoms with Gasteiger partial charge in [-0.15, -0.1) is 0 Å². The summed E-state index contributed by atoms with van der Waals surface area (Å²) in [6.45, 7) is 3.65. The quantitative estimate of drug-likeness (QED) is 0.663. The number of halogens is 1. The monoisotopic (exact) mass is 338 g/mol. The lowest BCUT2D eigenvalue weighted by Gasteiger charge is -2.04. The van der Waals surface area contributed by atoms with Crippen LogP contribution in [0.5, 0.6) is 0 Å². The number of nitro benzene ring substituents is 1. The molecule has 8 heteroatoms. The molecule has 0 unspecified atom stereocenters. The molecule has 2 rings (SSSR count). The Morgan fingerprint density at radius 2 is 2.15 bits per heavy atom. The number of nitro groups is 1. The van der Waals surface area contributed by atoms with Crippen LogP contribution >= 0.6 is 15.9 Å². The van der Waals surface area contributed by atoms with Gasteiger partial charge in [0.25, 0.3) is 11.6 Å². The molecule has 7 nitrogen and oxygen atoms in total. The van der Waals surface area contributed by atoms with Gasteiger partial charge in [0.2, 0.25) is 0 Å². The number of rotatable bonds is 3. The van der Waals surface area contributed by atoms with Gasteiger partial charge < -0.3 is 5.32 Å².